The first-order valence-electron chi connectivity index (χ1n) is 8.68. The normalized spacial score (nSPS) is 15.9. The van der Waals surface area contributed by atoms with Gasteiger partial charge >= 0.3 is 0 Å². The van der Waals surface area contributed by atoms with Crippen LogP contribution in [0.15, 0.2) is 45.9 Å². The van der Waals surface area contributed by atoms with Gasteiger partial charge in [-0.15, -0.1) is 0 Å². The smallest absolute Gasteiger partial charge is 0.289 e. The maximum atomic E-state index is 13.2. The van der Waals surface area contributed by atoms with Crippen LogP contribution < -0.4 is 4.72 Å². The quantitative estimate of drug-likeness (QED) is 0.801. The molecular formula is C18H22FN3O4S. The van der Waals surface area contributed by atoms with Crippen molar-refractivity contribution in [3.8, 4) is 0 Å². The minimum atomic E-state index is -3.68. The Bertz CT molecular complexity index is 891. The number of nitrogens with one attached hydrogen (secondary N) is 1. The molecule has 1 amide bonds. The molecule has 27 heavy (non-hydrogen) atoms. The van der Waals surface area contributed by atoms with Gasteiger partial charge in [0.05, 0.1) is 11.2 Å². The van der Waals surface area contributed by atoms with Crippen LogP contribution in [0, 0.1) is 12.7 Å². The van der Waals surface area contributed by atoms with Gasteiger partial charge in [0, 0.05) is 39.3 Å². The van der Waals surface area contributed by atoms with Gasteiger partial charge in [-0.2, -0.15) is 0 Å². The van der Waals surface area contributed by atoms with Crippen LogP contribution in [0.2, 0.25) is 0 Å². The van der Waals surface area contributed by atoms with E-state index in [0.717, 1.165) is 6.07 Å². The molecule has 0 saturated carbocycles. The summed E-state index contributed by atoms with van der Waals surface area (Å²) in [6.45, 7) is 4.76. The first-order chi connectivity index (χ1) is 12.9. The Morgan fingerprint density at radius 1 is 1.22 bits per heavy atom. The Hall–Kier alpha value is -2.23. The van der Waals surface area contributed by atoms with Crippen molar-refractivity contribution >= 4 is 15.9 Å². The lowest BCUT2D eigenvalue weighted by molar-refractivity contribution is 0.0609. The van der Waals surface area contributed by atoms with Gasteiger partial charge in [-0.05, 0) is 42.8 Å². The third-order valence-electron chi connectivity index (χ3n) is 4.54. The monoisotopic (exact) mass is 395 g/mol. The van der Waals surface area contributed by atoms with Crippen molar-refractivity contribution < 1.29 is 22.0 Å². The van der Waals surface area contributed by atoms with Crippen LogP contribution in [0.25, 0.3) is 0 Å². The molecule has 0 spiro atoms. The average molecular weight is 395 g/mol. The molecule has 0 radical (unpaired) electrons. The summed E-state index contributed by atoms with van der Waals surface area (Å²) in [5, 5.41) is 0. The number of benzene rings is 1. The molecule has 0 atom stereocenters. The van der Waals surface area contributed by atoms with Crippen LogP contribution in [-0.2, 0) is 10.0 Å². The standard InChI is InChI=1S/C18H22FN3O4S/c1-14-13-15(19)4-5-17(14)27(24,25)20-6-7-21-8-10-22(11-9-21)18(23)16-3-2-12-26-16/h2-5,12-13,20H,6-11H2,1H3. The molecular weight excluding hydrogens is 373 g/mol. The predicted molar refractivity (Wildman–Crippen MR) is 97.4 cm³/mol. The van der Waals surface area contributed by atoms with Crippen molar-refractivity contribution in [3.05, 3.63) is 53.7 Å². The third-order valence-corrected chi connectivity index (χ3v) is 6.16. The first kappa shape index (κ1) is 19.5. The zero-order chi connectivity index (χ0) is 19.4. The van der Waals surface area contributed by atoms with E-state index >= 15 is 0 Å². The van der Waals surface area contributed by atoms with Gasteiger partial charge in [-0.25, -0.2) is 17.5 Å². The zero-order valence-electron chi connectivity index (χ0n) is 15.0. The van der Waals surface area contributed by atoms with Gasteiger partial charge in [-0.1, -0.05) is 0 Å². The number of hydrogen-bond donors (Lipinski definition) is 1. The minimum Gasteiger partial charge on any atom is -0.459 e. The molecule has 1 aliphatic rings. The molecule has 3 rings (SSSR count). The number of aryl methyl sites for hydroxylation is 1. The molecule has 1 N–H and O–H groups in total. The molecule has 2 heterocycles. The lowest BCUT2D eigenvalue weighted by Crippen LogP contribution is -2.50. The van der Waals surface area contributed by atoms with Gasteiger partial charge in [0.25, 0.3) is 5.91 Å². The second-order valence-corrected chi connectivity index (χ2v) is 8.15. The maximum Gasteiger partial charge on any atom is 0.289 e. The van der Waals surface area contributed by atoms with Crippen LogP contribution >= 0.6 is 0 Å². The lowest BCUT2D eigenvalue weighted by Gasteiger charge is -2.34. The topological polar surface area (TPSA) is 82.9 Å². The number of amides is 1. The summed E-state index contributed by atoms with van der Waals surface area (Å²) >= 11 is 0. The molecule has 1 fully saturated rings. The number of carbonyl (C=O) groups excluding carboxylic acids is 1. The van der Waals surface area contributed by atoms with E-state index in [0.29, 0.717) is 44.0 Å². The van der Waals surface area contributed by atoms with Crippen molar-refractivity contribution in [3.63, 3.8) is 0 Å². The lowest BCUT2D eigenvalue weighted by atomic mass is 10.2. The zero-order valence-corrected chi connectivity index (χ0v) is 15.8. The first-order valence-corrected chi connectivity index (χ1v) is 10.2. The molecule has 1 aromatic heterocycles. The van der Waals surface area contributed by atoms with Crippen LogP contribution in [0.4, 0.5) is 4.39 Å². The fraction of sp³-hybridized carbons (Fsp3) is 0.389. The van der Waals surface area contributed by atoms with Crippen molar-refractivity contribution in [2.75, 3.05) is 39.3 Å². The summed E-state index contributed by atoms with van der Waals surface area (Å²) in [7, 11) is -3.68. The van der Waals surface area contributed by atoms with Crippen LogP contribution in [0.3, 0.4) is 0 Å². The van der Waals surface area contributed by atoms with E-state index in [4.69, 9.17) is 4.42 Å². The van der Waals surface area contributed by atoms with E-state index in [1.54, 1.807) is 24.0 Å². The Morgan fingerprint density at radius 2 is 1.96 bits per heavy atom. The van der Waals surface area contributed by atoms with Crippen molar-refractivity contribution in [1.82, 2.24) is 14.5 Å². The number of halogens is 1. The molecule has 0 unspecified atom stereocenters. The summed E-state index contributed by atoms with van der Waals surface area (Å²) in [6, 6.07) is 6.92. The summed E-state index contributed by atoms with van der Waals surface area (Å²) in [6.07, 6.45) is 1.47. The van der Waals surface area contributed by atoms with E-state index in [9.17, 15) is 17.6 Å². The second-order valence-electron chi connectivity index (χ2n) is 6.42. The fourth-order valence-electron chi connectivity index (χ4n) is 3.06. The van der Waals surface area contributed by atoms with Crippen LogP contribution in [0.5, 0.6) is 0 Å². The Morgan fingerprint density at radius 3 is 2.59 bits per heavy atom. The van der Waals surface area contributed by atoms with E-state index in [-0.39, 0.29) is 17.3 Å². The van der Waals surface area contributed by atoms with Crippen LogP contribution in [-0.4, -0.2) is 63.4 Å². The molecule has 0 bridgehead atoms. The fourth-order valence-corrected chi connectivity index (χ4v) is 4.31. The number of hydrogen-bond acceptors (Lipinski definition) is 5. The molecule has 9 heteroatoms. The van der Waals surface area contributed by atoms with Crippen LogP contribution in [0.1, 0.15) is 16.1 Å². The van der Waals surface area contributed by atoms with E-state index in [1.807, 2.05) is 0 Å². The summed E-state index contributed by atoms with van der Waals surface area (Å²) in [5.41, 5.74) is 0.368. The highest BCUT2D eigenvalue weighted by molar-refractivity contribution is 7.89. The van der Waals surface area contributed by atoms with Gasteiger partial charge in [-0.3, -0.25) is 9.69 Å². The van der Waals surface area contributed by atoms with Gasteiger partial charge in [0.15, 0.2) is 5.76 Å². The Kier molecular flexibility index (Phi) is 5.93. The highest BCUT2D eigenvalue weighted by Gasteiger charge is 2.24. The van der Waals surface area contributed by atoms with E-state index in [2.05, 4.69) is 9.62 Å². The molecule has 0 aliphatic carbocycles. The van der Waals surface area contributed by atoms with Gasteiger partial charge in [0.1, 0.15) is 5.82 Å². The second kappa shape index (κ2) is 8.20. The number of rotatable bonds is 6. The van der Waals surface area contributed by atoms with Crippen molar-refractivity contribution in [2.24, 2.45) is 0 Å². The minimum absolute atomic E-state index is 0.0813. The summed E-state index contributed by atoms with van der Waals surface area (Å²) in [4.78, 5) is 16.1. The highest BCUT2D eigenvalue weighted by Crippen LogP contribution is 2.16. The molecule has 1 saturated heterocycles. The van der Waals surface area contributed by atoms with Gasteiger partial charge < -0.3 is 9.32 Å². The Labute approximate surface area is 157 Å². The number of nitrogens with zero attached hydrogens (tertiary/aromatic N) is 2. The van der Waals surface area contributed by atoms with E-state index < -0.39 is 15.8 Å². The molecule has 7 nitrogen and oxygen atoms in total. The molecule has 2 aromatic rings. The SMILES string of the molecule is Cc1cc(F)ccc1S(=O)(=O)NCCN1CCN(C(=O)c2ccco2)CC1. The van der Waals surface area contributed by atoms with Gasteiger partial charge in [0.2, 0.25) is 10.0 Å². The average Bonchev–Trinajstić information content (AvgIpc) is 3.16. The maximum absolute atomic E-state index is 13.2. The third kappa shape index (κ3) is 4.74. The summed E-state index contributed by atoms with van der Waals surface area (Å²) < 4.78 is 45.6. The molecule has 146 valence electrons. The van der Waals surface area contributed by atoms with Crippen molar-refractivity contribution in [2.45, 2.75) is 11.8 Å². The molecule has 1 aliphatic heterocycles. The number of piperazine rings is 1. The van der Waals surface area contributed by atoms with Crippen molar-refractivity contribution in [1.29, 1.82) is 0 Å². The Balaban J connectivity index is 1.47. The number of furan rings is 1. The van der Waals surface area contributed by atoms with E-state index in [1.165, 1.54) is 18.4 Å². The largest absolute Gasteiger partial charge is 0.459 e. The molecule has 1 aromatic carbocycles. The summed E-state index contributed by atoms with van der Waals surface area (Å²) in [5.74, 6) is -0.272. The number of sulfonamides is 1. The highest BCUT2D eigenvalue weighted by atomic mass is 32.2. The number of carbonyl (C=O) groups is 1. The predicted octanol–water partition coefficient (Wildman–Crippen LogP) is 1.46.